The van der Waals surface area contributed by atoms with Crippen molar-refractivity contribution in [3.63, 3.8) is 0 Å². The van der Waals surface area contributed by atoms with E-state index in [1.807, 2.05) is 24.3 Å². The van der Waals surface area contributed by atoms with Crippen LogP contribution in [0.5, 0.6) is 0 Å². The third kappa shape index (κ3) is 2.90. The second-order valence-corrected chi connectivity index (χ2v) is 8.85. The maximum absolute atomic E-state index is 12.9. The fourth-order valence-corrected chi connectivity index (χ4v) is 6.02. The number of hydrogen-bond acceptors (Lipinski definition) is 4. The van der Waals surface area contributed by atoms with Gasteiger partial charge in [-0.05, 0) is 62.5 Å². The van der Waals surface area contributed by atoms with Crippen LogP contribution in [-0.4, -0.2) is 32.5 Å². The van der Waals surface area contributed by atoms with Crippen LogP contribution in [0.1, 0.15) is 44.3 Å². The second kappa shape index (κ2) is 5.79. The SMILES string of the molecule is O=C(Cc1nc2ccccc2[nH]1)NNC(=O)C12C[C@@H]3C[C@@H](CC(O)(C3)C1)C2. The monoisotopic (exact) mass is 368 g/mol. The zero-order chi connectivity index (χ0) is 18.6. The fraction of sp³-hybridized carbons (Fsp3) is 0.550. The van der Waals surface area contributed by atoms with Crippen LogP contribution in [0.2, 0.25) is 0 Å². The topological polar surface area (TPSA) is 107 Å². The van der Waals surface area contributed by atoms with Crippen molar-refractivity contribution >= 4 is 22.8 Å². The molecule has 4 aliphatic rings. The van der Waals surface area contributed by atoms with Gasteiger partial charge in [-0.3, -0.25) is 20.4 Å². The Kier molecular flexibility index (Phi) is 3.59. The Balaban J connectivity index is 1.22. The van der Waals surface area contributed by atoms with Crippen molar-refractivity contribution in [1.82, 2.24) is 20.8 Å². The minimum atomic E-state index is -0.695. The Hall–Kier alpha value is -2.41. The normalized spacial score (nSPS) is 34.0. The molecule has 2 unspecified atom stereocenters. The number of nitrogens with one attached hydrogen (secondary N) is 3. The van der Waals surface area contributed by atoms with E-state index < -0.39 is 11.0 Å². The zero-order valence-corrected chi connectivity index (χ0v) is 15.1. The molecule has 1 aromatic heterocycles. The van der Waals surface area contributed by atoms with Crippen molar-refractivity contribution in [3.05, 3.63) is 30.1 Å². The number of amides is 2. The van der Waals surface area contributed by atoms with Gasteiger partial charge in [0, 0.05) is 0 Å². The lowest BCUT2D eigenvalue weighted by Crippen LogP contribution is -2.62. The molecule has 0 aliphatic heterocycles. The van der Waals surface area contributed by atoms with E-state index in [4.69, 9.17) is 0 Å². The van der Waals surface area contributed by atoms with Gasteiger partial charge in [0.15, 0.2) is 0 Å². The standard InChI is InChI=1S/C20H24N4O3/c25-17(6-16-21-14-3-1-2-4-15(14)22-16)23-24-18(26)19-7-12-5-13(8-19)10-20(27,9-12)11-19/h1-4,12-13,27H,5-11H2,(H,21,22)(H,23,25)(H,24,26)/t12-,13+,19?,20?. The van der Waals surface area contributed by atoms with Crippen molar-refractivity contribution < 1.29 is 14.7 Å². The third-order valence-corrected chi connectivity index (χ3v) is 6.59. The summed E-state index contributed by atoms with van der Waals surface area (Å²) in [5, 5.41) is 10.8. The highest BCUT2D eigenvalue weighted by molar-refractivity contribution is 5.87. The van der Waals surface area contributed by atoms with Gasteiger partial charge in [0.2, 0.25) is 11.8 Å². The van der Waals surface area contributed by atoms with Crippen molar-refractivity contribution in [1.29, 1.82) is 0 Å². The first-order valence-electron chi connectivity index (χ1n) is 9.68. The van der Waals surface area contributed by atoms with E-state index in [9.17, 15) is 14.7 Å². The molecule has 2 aromatic rings. The van der Waals surface area contributed by atoms with Crippen LogP contribution in [0.4, 0.5) is 0 Å². The largest absolute Gasteiger partial charge is 0.390 e. The predicted octanol–water partition coefficient (Wildman–Crippen LogP) is 1.58. The van der Waals surface area contributed by atoms with Gasteiger partial charge in [-0.2, -0.15) is 0 Å². The number of aromatic amines is 1. The average molecular weight is 368 g/mol. The van der Waals surface area contributed by atoms with Crippen LogP contribution < -0.4 is 10.9 Å². The number of benzene rings is 1. The number of fused-ring (bicyclic) bond motifs is 1. The van der Waals surface area contributed by atoms with Crippen LogP contribution in [-0.2, 0) is 16.0 Å². The number of H-pyrrole nitrogens is 1. The molecule has 4 saturated carbocycles. The van der Waals surface area contributed by atoms with E-state index in [1.165, 1.54) is 0 Å². The van der Waals surface area contributed by atoms with Crippen LogP contribution in [0.3, 0.4) is 0 Å². The summed E-state index contributed by atoms with van der Waals surface area (Å²) < 4.78 is 0. The summed E-state index contributed by atoms with van der Waals surface area (Å²) in [5.41, 5.74) is 5.61. The Morgan fingerprint density at radius 2 is 1.89 bits per heavy atom. The highest BCUT2D eigenvalue weighted by atomic mass is 16.3. The third-order valence-electron chi connectivity index (χ3n) is 6.59. The molecule has 6 rings (SSSR count). The summed E-state index contributed by atoms with van der Waals surface area (Å²) in [5.74, 6) is 0.937. The minimum absolute atomic E-state index is 0.0666. The molecule has 4 fully saturated rings. The summed E-state index contributed by atoms with van der Waals surface area (Å²) in [6.45, 7) is 0. The van der Waals surface area contributed by atoms with E-state index in [2.05, 4.69) is 20.8 Å². The molecule has 142 valence electrons. The first-order chi connectivity index (χ1) is 12.9. The first kappa shape index (κ1) is 16.7. The zero-order valence-electron chi connectivity index (χ0n) is 15.1. The number of hydrazine groups is 1. The van der Waals surface area contributed by atoms with Gasteiger partial charge in [-0.25, -0.2) is 4.98 Å². The number of nitrogens with zero attached hydrogens (tertiary/aromatic N) is 1. The van der Waals surface area contributed by atoms with E-state index in [1.54, 1.807) is 0 Å². The molecule has 1 heterocycles. The lowest BCUT2D eigenvalue weighted by Gasteiger charge is -2.59. The summed E-state index contributed by atoms with van der Waals surface area (Å²) in [6.07, 6.45) is 4.97. The summed E-state index contributed by atoms with van der Waals surface area (Å²) >= 11 is 0. The number of imidazole rings is 1. The summed E-state index contributed by atoms with van der Waals surface area (Å²) in [7, 11) is 0. The number of para-hydroxylation sites is 2. The highest BCUT2D eigenvalue weighted by Crippen LogP contribution is 2.61. The van der Waals surface area contributed by atoms with Gasteiger partial charge >= 0.3 is 0 Å². The first-order valence-corrected chi connectivity index (χ1v) is 9.68. The molecule has 4 N–H and O–H groups in total. The number of hydrogen-bond donors (Lipinski definition) is 4. The predicted molar refractivity (Wildman–Crippen MR) is 98.1 cm³/mol. The molecule has 2 amide bonds. The second-order valence-electron chi connectivity index (χ2n) is 8.85. The minimum Gasteiger partial charge on any atom is -0.390 e. The van der Waals surface area contributed by atoms with Gasteiger partial charge in [-0.15, -0.1) is 0 Å². The van der Waals surface area contributed by atoms with Gasteiger partial charge in [0.25, 0.3) is 0 Å². The van der Waals surface area contributed by atoms with E-state index in [-0.39, 0.29) is 18.2 Å². The van der Waals surface area contributed by atoms with Gasteiger partial charge in [-0.1, -0.05) is 12.1 Å². The van der Waals surface area contributed by atoms with Crippen LogP contribution in [0.25, 0.3) is 11.0 Å². The van der Waals surface area contributed by atoms with Crippen molar-refractivity contribution in [2.45, 2.75) is 50.5 Å². The van der Waals surface area contributed by atoms with Crippen LogP contribution in [0.15, 0.2) is 24.3 Å². The molecule has 0 radical (unpaired) electrons. The summed E-state index contributed by atoms with van der Waals surface area (Å²) in [6, 6.07) is 7.59. The molecule has 4 bridgehead atoms. The molecule has 1 aromatic carbocycles. The van der Waals surface area contributed by atoms with Gasteiger partial charge < -0.3 is 10.1 Å². The lowest BCUT2D eigenvalue weighted by molar-refractivity contribution is -0.179. The Morgan fingerprint density at radius 1 is 1.15 bits per heavy atom. The summed E-state index contributed by atoms with van der Waals surface area (Å²) in [4.78, 5) is 32.6. The average Bonchev–Trinajstić information content (AvgIpc) is 2.99. The van der Waals surface area contributed by atoms with E-state index >= 15 is 0 Å². The molecule has 4 aliphatic carbocycles. The maximum atomic E-state index is 12.9. The van der Waals surface area contributed by atoms with Crippen LogP contribution >= 0.6 is 0 Å². The maximum Gasteiger partial charge on any atom is 0.245 e. The fourth-order valence-electron chi connectivity index (χ4n) is 6.02. The molecule has 0 spiro atoms. The van der Waals surface area contributed by atoms with Crippen LogP contribution in [0, 0.1) is 17.3 Å². The number of aromatic nitrogens is 2. The van der Waals surface area contributed by atoms with E-state index in [0.29, 0.717) is 24.1 Å². The van der Waals surface area contributed by atoms with Crippen molar-refractivity contribution in [3.8, 4) is 0 Å². The molecule has 7 heteroatoms. The number of aliphatic hydroxyl groups is 1. The molecule has 7 nitrogen and oxygen atoms in total. The van der Waals surface area contributed by atoms with Gasteiger partial charge in [0.1, 0.15) is 5.82 Å². The number of carbonyl (C=O) groups excluding carboxylic acids is 2. The number of carbonyl (C=O) groups is 2. The van der Waals surface area contributed by atoms with Crippen molar-refractivity contribution in [2.75, 3.05) is 0 Å². The highest BCUT2D eigenvalue weighted by Gasteiger charge is 2.60. The molecule has 4 atom stereocenters. The molecular weight excluding hydrogens is 344 g/mol. The smallest absolute Gasteiger partial charge is 0.245 e. The Labute approximate surface area is 156 Å². The molecule has 0 saturated heterocycles. The Bertz CT molecular complexity index is 874. The Morgan fingerprint density at radius 3 is 2.59 bits per heavy atom. The molecule has 27 heavy (non-hydrogen) atoms. The quantitative estimate of drug-likeness (QED) is 0.617. The van der Waals surface area contributed by atoms with Crippen molar-refractivity contribution in [2.24, 2.45) is 17.3 Å². The molecular formula is C20H24N4O3. The van der Waals surface area contributed by atoms with Gasteiger partial charge in [0.05, 0.1) is 28.5 Å². The van der Waals surface area contributed by atoms with E-state index in [0.717, 1.165) is 43.1 Å². The lowest BCUT2D eigenvalue weighted by atomic mass is 9.47. The number of rotatable bonds is 3.